The standard InChI is InChI=1S/C77H62BN3Si/c1-53-25-21-22-40-70(53)81-72-48-46-67(82(64-34-15-8-16-35-64,65-36-17-9-18-37-65)66-38-19-10-20-39-66)52-69(72)78-68-49-59(76-56(4)28-24-29-57(76)5)43-47-71(68)80(62-44-41-58(42-45-62)75-54(2)26-23-27-55(75)3)73-50-63(51-74(81)77(73)78)79(60-30-11-6-12-31-60)61-32-13-7-14-33-61/h6-52H,1-5H3. The molecule has 0 bridgehead atoms. The van der Waals surface area contributed by atoms with Gasteiger partial charge >= 0.3 is 0 Å². The van der Waals surface area contributed by atoms with Crippen LogP contribution in [0.5, 0.6) is 0 Å². The Morgan fingerprint density at radius 2 is 0.707 bits per heavy atom. The summed E-state index contributed by atoms with van der Waals surface area (Å²) in [6, 6.07) is 107. The van der Waals surface area contributed by atoms with Crippen molar-refractivity contribution in [2.45, 2.75) is 34.6 Å². The summed E-state index contributed by atoms with van der Waals surface area (Å²) in [7, 11) is -3.01. The van der Waals surface area contributed by atoms with Crippen LogP contribution in [0.4, 0.5) is 51.2 Å². The van der Waals surface area contributed by atoms with E-state index in [0.29, 0.717) is 0 Å². The molecule has 0 atom stereocenters. The summed E-state index contributed by atoms with van der Waals surface area (Å²) in [6.45, 7) is 11.1. The fourth-order valence-corrected chi connectivity index (χ4v) is 18.6. The Labute approximate surface area is 484 Å². The smallest absolute Gasteiger partial charge is 0.252 e. The number of rotatable bonds is 11. The highest BCUT2D eigenvalue weighted by atomic mass is 28.3. The molecular weight excluding hydrogens is 1010 g/mol. The maximum absolute atomic E-state index is 3.01. The van der Waals surface area contributed by atoms with Crippen LogP contribution in [-0.4, -0.2) is 14.8 Å². The molecule has 5 heteroatoms. The van der Waals surface area contributed by atoms with Gasteiger partial charge in [0.25, 0.3) is 6.71 Å². The van der Waals surface area contributed by atoms with Gasteiger partial charge in [-0.25, -0.2) is 0 Å². The normalized spacial score (nSPS) is 12.4. The molecular formula is C77H62BN3Si. The Morgan fingerprint density at radius 3 is 1.23 bits per heavy atom. The molecule has 0 aliphatic carbocycles. The summed E-state index contributed by atoms with van der Waals surface area (Å²) in [5.74, 6) is 0. The number of benzene rings is 12. The van der Waals surface area contributed by atoms with Crippen molar-refractivity contribution in [1.29, 1.82) is 0 Å². The van der Waals surface area contributed by atoms with Crippen molar-refractivity contribution in [2.75, 3.05) is 14.7 Å². The number of hydrogen-bond acceptors (Lipinski definition) is 3. The van der Waals surface area contributed by atoms with Gasteiger partial charge in [-0.05, 0) is 189 Å². The van der Waals surface area contributed by atoms with Crippen LogP contribution in [0.1, 0.15) is 27.8 Å². The third kappa shape index (κ3) is 8.34. The summed E-state index contributed by atoms with van der Waals surface area (Å²) in [5, 5.41) is 5.40. The molecule has 0 saturated heterocycles. The highest BCUT2D eigenvalue weighted by Crippen LogP contribution is 2.49. The molecule has 14 rings (SSSR count). The predicted octanol–water partition coefficient (Wildman–Crippen LogP) is 15.5. The maximum atomic E-state index is 2.65. The van der Waals surface area contributed by atoms with E-state index in [9.17, 15) is 0 Å². The fourth-order valence-electron chi connectivity index (χ4n) is 13.8. The zero-order valence-electron chi connectivity index (χ0n) is 47.1. The lowest BCUT2D eigenvalue weighted by atomic mass is 9.33. The minimum absolute atomic E-state index is 0.172. The third-order valence-electron chi connectivity index (χ3n) is 17.4. The van der Waals surface area contributed by atoms with Crippen molar-refractivity contribution < 1.29 is 0 Å². The number of para-hydroxylation sites is 3. The van der Waals surface area contributed by atoms with E-state index in [1.165, 1.54) is 98.6 Å². The van der Waals surface area contributed by atoms with Gasteiger partial charge in [-0.3, -0.25) is 0 Å². The molecule has 3 nitrogen and oxygen atoms in total. The minimum atomic E-state index is -3.01. The molecule has 0 aromatic heterocycles. The Morgan fingerprint density at radius 1 is 0.293 bits per heavy atom. The van der Waals surface area contributed by atoms with Gasteiger partial charge in [0.2, 0.25) is 0 Å². The van der Waals surface area contributed by atoms with Gasteiger partial charge in [0.15, 0.2) is 8.07 Å². The molecule has 12 aromatic rings. The monoisotopic (exact) mass is 1070 g/mol. The SMILES string of the molecule is Cc1ccccc1N1c2ccc([Si](c3ccccc3)(c3ccccc3)c3ccccc3)cc2B2c3cc(-c4c(C)cccc4C)ccc3N(c3ccc(-c4c(C)cccc4C)cc3)c3cc(N(c4ccccc4)c4ccccc4)cc1c32. The van der Waals surface area contributed by atoms with Gasteiger partial charge in [-0.2, -0.15) is 0 Å². The summed E-state index contributed by atoms with van der Waals surface area (Å²) < 4.78 is 0. The van der Waals surface area contributed by atoms with E-state index in [2.05, 4.69) is 334 Å². The zero-order chi connectivity index (χ0) is 55.5. The molecule has 12 aromatic carbocycles. The third-order valence-corrected chi connectivity index (χ3v) is 22.2. The maximum Gasteiger partial charge on any atom is 0.252 e. The van der Waals surface area contributed by atoms with E-state index in [1.807, 2.05) is 0 Å². The fraction of sp³-hybridized carbons (Fsp3) is 0.0649. The van der Waals surface area contributed by atoms with Crippen LogP contribution in [0.25, 0.3) is 22.3 Å². The molecule has 0 fully saturated rings. The molecule has 0 unspecified atom stereocenters. The van der Waals surface area contributed by atoms with Gasteiger partial charge < -0.3 is 14.7 Å². The van der Waals surface area contributed by atoms with Crippen molar-refractivity contribution in [1.82, 2.24) is 0 Å². The number of hydrogen-bond donors (Lipinski definition) is 0. The second-order valence-corrected chi connectivity index (χ2v) is 26.1. The van der Waals surface area contributed by atoms with Crippen LogP contribution >= 0.6 is 0 Å². The first-order valence-corrected chi connectivity index (χ1v) is 30.7. The molecule has 0 N–H and O–H groups in total. The van der Waals surface area contributed by atoms with Crippen molar-refractivity contribution in [3.63, 3.8) is 0 Å². The first kappa shape index (κ1) is 50.5. The van der Waals surface area contributed by atoms with Gasteiger partial charge in [-0.1, -0.05) is 218 Å². The van der Waals surface area contributed by atoms with E-state index in [4.69, 9.17) is 0 Å². The highest BCUT2D eigenvalue weighted by Gasteiger charge is 2.47. The Bertz CT molecular complexity index is 4160. The second kappa shape index (κ2) is 20.8. The van der Waals surface area contributed by atoms with Crippen LogP contribution in [0.2, 0.25) is 0 Å². The predicted molar refractivity (Wildman–Crippen MR) is 353 cm³/mol. The summed E-state index contributed by atoms with van der Waals surface area (Å²) in [5.41, 5.74) is 25.3. The number of anilines is 9. The van der Waals surface area contributed by atoms with Crippen LogP contribution in [0.3, 0.4) is 0 Å². The largest absolute Gasteiger partial charge is 0.311 e. The van der Waals surface area contributed by atoms with Crippen molar-refractivity contribution in [3.05, 3.63) is 313 Å². The molecule has 2 heterocycles. The van der Waals surface area contributed by atoms with E-state index >= 15 is 0 Å². The molecule has 0 spiro atoms. The number of aryl methyl sites for hydroxylation is 5. The first-order chi connectivity index (χ1) is 40.3. The minimum Gasteiger partial charge on any atom is -0.311 e. The number of fused-ring (bicyclic) bond motifs is 4. The van der Waals surface area contributed by atoms with Gasteiger partial charge in [0.05, 0.1) is 5.69 Å². The Kier molecular flexibility index (Phi) is 12.8. The Hall–Kier alpha value is -9.68. The number of nitrogens with zero attached hydrogens (tertiary/aromatic N) is 3. The summed E-state index contributed by atoms with van der Waals surface area (Å²) in [4.78, 5) is 7.61. The molecule has 392 valence electrons. The lowest BCUT2D eigenvalue weighted by molar-refractivity contribution is 1.22. The van der Waals surface area contributed by atoms with Crippen LogP contribution in [0.15, 0.2) is 285 Å². The molecule has 0 radical (unpaired) electrons. The average Bonchev–Trinajstić information content (AvgIpc) is 3.03. The average molecular weight is 1070 g/mol. The van der Waals surface area contributed by atoms with E-state index in [1.54, 1.807) is 0 Å². The van der Waals surface area contributed by atoms with Gasteiger partial charge in [0.1, 0.15) is 0 Å². The lowest BCUT2D eigenvalue weighted by Crippen LogP contribution is -2.75. The highest BCUT2D eigenvalue weighted by molar-refractivity contribution is 7.20. The summed E-state index contributed by atoms with van der Waals surface area (Å²) >= 11 is 0. The van der Waals surface area contributed by atoms with Gasteiger partial charge in [0, 0.05) is 45.5 Å². The van der Waals surface area contributed by atoms with E-state index in [-0.39, 0.29) is 6.71 Å². The molecule has 82 heavy (non-hydrogen) atoms. The van der Waals surface area contributed by atoms with Crippen molar-refractivity contribution in [2.24, 2.45) is 0 Å². The topological polar surface area (TPSA) is 9.72 Å². The van der Waals surface area contributed by atoms with E-state index in [0.717, 1.165) is 39.8 Å². The second-order valence-electron chi connectivity index (χ2n) is 22.3. The molecule has 0 amide bonds. The molecule has 2 aliphatic heterocycles. The molecule has 0 saturated carbocycles. The van der Waals surface area contributed by atoms with Crippen LogP contribution in [0, 0.1) is 34.6 Å². The van der Waals surface area contributed by atoms with Crippen molar-refractivity contribution in [3.8, 4) is 22.3 Å². The lowest BCUT2D eigenvalue weighted by Gasteiger charge is -2.46. The summed E-state index contributed by atoms with van der Waals surface area (Å²) in [6.07, 6.45) is 0. The zero-order valence-corrected chi connectivity index (χ0v) is 48.1. The molecule has 2 aliphatic rings. The first-order valence-electron chi connectivity index (χ1n) is 28.7. The van der Waals surface area contributed by atoms with Crippen molar-refractivity contribution >= 4 is 103 Å². The quantitative estimate of drug-likeness (QED) is 0.0944. The Balaban J connectivity index is 1.13. The van der Waals surface area contributed by atoms with Crippen LogP contribution in [-0.2, 0) is 0 Å². The van der Waals surface area contributed by atoms with Gasteiger partial charge in [-0.15, -0.1) is 0 Å². The van der Waals surface area contributed by atoms with E-state index < -0.39 is 8.07 Å². The van der Waals surface area contributed by atoms with Crippen LogP contribution < -0.4 is 51.8 Å².